The van der Waals surface area contributed by atoms with Gasteiger partial charge in [0.25, 0.3) is 0 Å². The van der Waals surface area contributed by atoms with E-state index in [9.17, 15) is 4.39 Å². The highest BCUT2D eigenvalue weighted by atomic mass is 79.9. The lowest BCUT2D eigenvalue weighted by Crippen LogP contribution is -2.29. The second-order valence-corrected chi connectivity index (χ2v) is 4.98. The van der Waals surface area contributed by atoms with E-state index in [4.69, 9.17) is 4.74 Å². The fraction of sp³-hybridized carbons (Fsp3) is 0.538. The van der Waals surface area contributed by atoms with Crippen LogP contribution in [0.1, 0.15) is 32.4 Å². The molecular formula is C13H19BrFNO. The van der Waals surface area contributed by atoms with Crippen LogP contribution in [0.25, 0.3) is 0 Å². The molecule has 2 nitrogen and oxygen atoms in total. The molecule has 2 atom stereocenters. The van der Waals surface area contributed by atoms with Gasteiger partial charge in [-0.05, 0) is 39.0 Å². The third kappa shape index (κ3) is 4.74. The minimum absolute atomic E-state index is 0.0320. The normalized spacial score (nSPS) is 14.6. The van der Waals surface area contributed by atoms with Crippen LogP contribution in [0, 0.1) is 5.82 Å². The van der Waals surface area contributed by atoms with Crippen LogP contribution in [0.4, 0.5) is 4.39 Å². The van der Waals surface area contributed by atoms with Gasteiger partial charge in [0.1, 0.15) is 5.82 Å². The third-order valence-electron chi connectivity index (χ3n) is 2.59. The second-order valence-electron chi connectivity index (χ2n) is 4.06. The lowest BCUT2D eigenvalue weighted by Gasteiger charge is -2.18. The van der Waals surface area contributed by atoms with Crippen LogP contribution in [-0.2, 0) is 4.74 Å². The van der Waals surface area contributed by atoms with E-state index in [1.165, 1.54) is 6.07 Å². The SMILES string of the molecule is CCOC(C)CNC(C)c1cc(Br)ccc1F. The number of ether oxygens (including phenoxy) is 1. The van der Waals surface area contributed by atoms with Gasteiger partial charge in [0, 0.05) is 29.2 Å². The van der Waals surface area contributed by atoms with Crippen molar-refractivity contribution in [2.24, 2.45) is 0 Å². The Morgan fingerprint density at radius 1 is 1.41 bits per heavy atom. The standard InChI is InChI=1S/C13H19BrFNO/c1-4-17-9(2)8-16-10(3)12-7-11(14)5-6-13(12)15/h5-7,9-10,16H,4,8H2,1-3H3. The van der Waals surface area contributed by atoms with E-state index in [2.05, 4.69) is 21.2 Å². The summed E-state index contributed by atoms with van der Waals surface area (Å²) in [7, 11) is 0. The summed E-state index contributed by atoms with van der Waals surface area (Å²) in [5.74, 6) is -0.183. The fourth-order valence-electron chi connectivity index (χ4n) is 1.64. The number of hydrogen-bond acceptors (Lipinski definition) is 2. The van der Waals surface area contributed by atoms with Gasteiger partial charge in [0.15, 0.2) is 0 Å². The number of halogens is 2. The summed E-state index contributed by atoms with van der Waals surface area (Å²) in [6.07, 6.45) is 0.137. The maximum Gasteiger partial charge on any atom is 0.128 e. The first-order chi connectivity index (χ1) is 8.04. The van der Waals surface area contributed by atoms with E-state index < -0.39 is 0 Å². The fourth-order valence-corrected chi connectivity index (χ4v) is 2.02. The molecular weight excluding hydrogens is 285 g/mol. The summed E-state index contributed by atoms with van der Waals surface area (Å²) in [5.41, 5.74) is 0.670. The topological polar surface area (TPSA) is 21.3 Å². The predicted octanol–water partition coefficient (Wildman–Crippen LogP) is 3.66. The minimum Gasteiger partial charge on any atom is -0.377 e. The van der Waals surface area contributed by atoms with Gasteiger partial charge in [-0.1, -0.05) is 15.9 Å². The summed E-state index contributed by atoms with van der Waals surface area (Å²) in [6, 6.07) is 4.95. The van der Waals surface area contributed by atoms with Crippen LogP contribution in [0.5, 0.6) is 0 Å². The number of rotatable bonds is 6. The molecule has 96 valence electrons. The molecule has 4 heteroatoms. The smallest absolute Gasteiger partial charge is 0.128 e. The van der Waals surface area contributed by atoms with Gasteiger partial charge in [0.2, 0.25) is 0 Å². The monoisotopic (exact) mass is 303 g/mol. The molecule has 0 fully saturated rings. The first-order valence-electron chi connectivity index (χ1n) is 5.84. The maximum atomic E-state index is 13.6. The highest BCUT2D eigenvalue weighted by Crippen LogP contribution is 2.21. The summed E-state index contributed by atoms with van der Waals surface area (Å²) < 4.78 is 19.9. The van der Waals surface area contributed by atoms with Crippen molar-refractivity contribution in [3.8, 4) is 0 Å². The molecule has 0 aliphatic rings. The Balaban J connectivity index is 2.57. The van der Waals surface area contributed by atoms with Gasteiger partial charge >= 0.3 is 0 Å². The van der Waals surface area contributed by atoms with Crippen LogP contribution in [-0.4, -0.2) is 19.3 Å². The molecule has 1 rings (SSSR count). The molecule has 17 heavy (non-hydrogen) atoms. The highest BCUT2D eigenvalue weighted by molar-refractivity contribution is 9.10. The lowest BCUT2D eigenvalue weighted by atomic mass is 10.1. The predicted molar refractivity (Wildman–Crippen MR) is 71.6 cm³/mol. The first-order valence-corrected chi connectivity index (χ1v) is 6.63. The Morgan fingerprint density at radius 3 is 2.76 bits per heavy atom. The zero-order chi connectivity index (χ0) is 12.8. The second kappa shape index (κ2) is 7.09. The maximum absolute atomic E-state index is 13.6. The van der Waals surface area contributed by atoms with Crippen molar-refractivity contribution in [2.45, 2.75) is 32.9 Å². The molecule has 0 spiro atoms. The van der Waals surface area contributed by atoms with E-state index in [0.29, 0.717) is 18.7 Å². The first kappa shape index (κ1) is 14.6. The Kier molecular flexibility index (Phi) is 6.09. The Morgan fingerprint density at radius 2 is 2.12 bits per heavy atom. The van der Waals surface area contributed by atoms with Crippen molar-refractivity contribution in [1.29, 1.82) is 0 Å². The molecule has 1 N–H and O–H groups in total. The third-order valence-corrected chi connectivity index (χ3v) is 3.08. The highest BCUT2D eigenvalue weighted by Gasteiger charge is 2.12. The minimum atomic E-state index is -0.183. The number of nitrogens with one attached hydrogen (secondary N) is 1. The molecule has 0 bridgehead atoms. The van der Waals surface area contributed by atoms with Crippen LogP contribution in [0.2, 0.25) is 0 Å². The molecule has 1 aromatic carbocycles. The lowest BCUT2D eigenvalue weighted by molar-refractivity contribution is 0.0742. The van der Waals surface area contributed by atoms with Gasteiger partial charge in [0.05, 0.1) is 6.10 Å². The van der Waals surface area contributed by atoms with Crippen molar-refractivity contribution in [2.75, 3.05) is 13.2 Å². The van der Waals surface area contributed by atoms with E-state index in [1.54, 1.807) is 12.1 Å². The molecule has 2 unspecified atom stereocenters. The Hall–Kier alpha value is -0.450. The van der Waals surface area contributed by atoms with Crippen molar-refractivity contribution in [3.63, 3.8) is 0 Å². The molecule has 0 aliphatic heterocycles. The molecule has 0 radical (unpaired) electrons. The van der Waals surface area contributed by atoms with Gasteiger partial charge in [-0.25, -0.2) is 4.39 Å². The molecule has 0 heterocycles. The molecule has 0 aromatic heterocycles. The number of hydrogen-bond donors (Lipinski definition) is 1. The van der Waals surface area contributed by atoms with Crippen LogP contribution in [0.15, 0.2) is 22.7 Å². The average Bonchev–Trinajstić information content (AvgIpc) is 2.29. The van der Waals surface area contributed by atoms with E-state index >= 15 is 0 Å². The van der Waals surface area contributed by atoms with E-state index in [-0.39, 0.29) is 18.0 Å². The van der Waals surface area contributed by atoms with Crippen LogP contribution >= 0.6 is 15.9 Å². The van der Waals surface area contributed by atoms with E-state index in [0.717, 1.165) is 4.47 Å². The van der Waals surface area contributed by atoms with Crippen LogP contribution < -0.4 is 5.32 Å². The summed E-state index contributed by atoms with van der Waals surface area (Å²) in [6.45, 7) is 7.32. The van der Waals surface area contributed by atoms with Crippen LogP contribution in [0.3, 0.4) is 0 Å². The van der Waals surface area contributed by atoms with Gasteiger partial charge in [-0.15, -0.1) is 0 Å². The average molecular weight is 304 g/mol. The van der Waals surface area contributed by atoms with Crippen molar-refractivity contribution in [1.82, 2.24) is 5.32 Å². The summed E-state index contributed by atoms with van der Waals surface area (Å²) >= 11 is 3.35. The van der Waals surface area contributed by atoms with Gasteiger partial charge < -0.3 is 10.1 Å². The van der Waals surface area contributed by atoms with Gasteiger partial charge in [-0.2, -0.15) is 0 Å². The quantitative estimate of drug-likeness (QED) is 0.866. The largest absolute Gasteiger partial charge is 0.377 e. The van der Waals surface area contributed by atoms with Crippen molar-refractivity contribution < 1.29 is 9.13 Å². The molecule has 0 aliphatic carbocycles. The summed E-state index contributed by atoms with van der Waals surface area (Å²) in [4.78, 5) is 0. The molecule has 0 amide bonds. The zero-order valence-corrected chi connectivity index (χ0v) is 12.1. The zero-order valence-electron chi connectivity index (χ0n) is 10.5. The number of benzene rings is 1. The summed E-state index contributed by atoms with van der Waals surface area (Å²) in [5, 5.41) is 3.27. The van der Waals surface area contributed by atoms with Gasteiger partial charge in [-0.3, -0.25) is 0 Å². The molecule has 1 aromatic rings. The van der Waals surface area contributed by atoms with Crippen molar-refractivity contribution >= 4 is 15.9 Å². The Bertz CT molecular complexity index is 359. The molecule has 0 saturated heterocycles. The van der Waals surface area contributed by atoms with E-state index in [1.807, 2.05) is 20.8 Å². The molecule has 0 saturated carbocycles. The van der Waals surface area contributed by atoms with Crippen molar-refractivity contribution in [3.05, 3.63) is 34.1 Å². The Labute approximate surface area is 111 Å².